The topological polar surface area (TPSA) is 86.1 Å². The fraction of sp³-hybridized carbons (Fsp3) is 0.263. The lowest BCUT2D eigenvalue weighted by Crippen LogP contribution is -2.35. The Morgan fingerprint density at radius 2 is 1.92 bits per heavy atom. The average molecular weight is 352 g/mol. The van der Waals surface area contributed by atoms with Gasteiger partial charge in [0, 0.05) is 0 Å². The summed E-state index contributed by atoms with van der Waals surface area (Å²) >= 11 is 0. The first-order chi connectivity index (χ1) is 12.6. The Kier molecular flexibility index (Phi) is 5.26. The SMILES string of the molecule is CCOc1ccc([C@@H](C)NC(=O)Cn2nnc3ccccc3c2=O)cc1. The maximum atomic E-state index is 12.4. The van der Waals surface area contributed by atoms with Crippen LogP contribution in [0.3, 0.4) is 0 Å². The Morgan fingerprint density at radius 3 is 2.65 bits per heavy atom. The number of benzene rings is 2. The van der Waals surface area contributed by atoms with Gasteiger partial charge in [0.25, 0.3) is 5.56 Å². The Morgan fingerprint density at radius 1 is 1.19 bits per heavy atom. The standard InChI is InChI=1S/C19H20N4O3/c1-3-26-15-10-8-14(9-11-15)13(2)20-18(24)12-23-19(25)16-6-4-5-7-17(16)21-22-23/h4-11,13H,3,12H2,1-2H3,(H,20,24)/t13-/m1/s1. The summed E-state index contributed by atoms with van der Waals surface area (Å²) in [6.45, 7) is 4.22. The van der Waals surface area contributed by atoms with Gasteiger partial charge in [0.05, 0.1) is 18.0 Å². The highest BCUT2D eigenvalue weighted by atomic mass is 16.5. The van der Waals surface area contributed by atoms with E-state index in [1.165, 1.54) is 0 Å². The first-order valence-electron chi connectivity index (χ1n) is 8.43. The highest BCUT2D eigenvalue weighted by molar-refractivity contribution is 5.78. The summed E-state index contributed by atoms with van der Waals surface area (Å²) in [5.41, 5.74) is 1.12. The van der Waals surface area contributed by atoms with Crippen molar-refractivity contribution in [1.29, 1.82) is 0 Å². The molecule has 7 nitrogen and oxygen atoms in total. The molecule has 134 valence electrons. The molecule has 0 saturated heterocycles. The van der Waals surface area contributed by atoms with Gasteiger partial charge in [0.2, 0.25) is 5.91 Å². The third-order valence-electron chi connectivity index (χ3n) is 3.99. The van der Waals surface area contributed by atoms with E-state index >= 15 is 0 Å². The fourth-order valence-corrected chi connectivity index (χ4v) is 2.65. The van der Waals surface area contributed by atoms with E-state index in [0.29, 0.717) is 17.5 Å². The maximum absolute atomic E-state index is 12.4. The molecule has 0 unspecified atom stereocenters. The van der Waals surface area contributed by atoms with Gasteiger partial charge in [0.15, 0.2) is 0 Å². The molecular formula is C19H20N4O3. The number of ether oxygens (including phenoxy) is 1. The molecule has 0 bridgehead atoms. The van der Waals surface area contributed by atoms with Gasteiger partial charge >= 0.3 is 0 Å². The van der Waals surface area contributed by atoms with Gasteiger partial charge in [0.1, 0.15) is 17.8 Å². The monoisotopic (exact) mass is 352 g/mol. The largest absolute Gasteiger partial charge is 0.494 e. The van der Waals surface area contributed by atoms with Crippen LogP contribution < -0.4 is 15.6 Å². The number of hydrogen-bond acceptors (Lipinski definition) is 5. The molecular weight excluding hydrogens is 332 g/mol. The zero-order valence-corrected chi connectivity index (χ0v) is 14.7. The minimum atomic E-state index is -0.334. The summed E-state index contributed by atoms with van der Waals surface area (Å²) in [5, 5.41) is 11.1. The third kappa shape index (κ3) is 3.88. The predicted octanol–water partition coefficient (Wildman–Crippen LogP) is 2.07. The first-order valence-corrected chi connectivity index (χ1v) is 8.43. The third-order valence-corrected chi connectivity index (χ3v) is 3.99. The minimum Gasteiger partial charge on any atom is -0.494 e. The molecule has 7 heteroatoms. The van der Waals surface area contributed by atoms with E-state index in [2.05, 4.69) is 15.6 Å². The van der Waals surface area contributed by atoms with Crippen molar-refractivity contribution in [3.8, 4) is 5.75 Å². The van der Waals surface area contributed by atoms with Crippen LogP contribution in [0.15, 0.2) is 53.3 Å². The van der Waals surface area contributed by atoms with Crippen LogP contribution in [0, 0.1) is 0 Å². The quantitative estimate of drug-likeness (QED) is 0.734. The van der Waals surface area contributed by atoms with Gasteiger partial charge in [-0.05, 0) is 43.7 Å². The molecule has 0 fully saturated rings. The number of amides is 1. The molecule has 3 rings (SSSR count). The van der Waals surface area contributed by atoms with Gasteiger partial charge in [-0.3, -0.25) is 9.59 Å². The van der Waals surface area contributed by atoms with Crippen LogP contribution in [0.1, 0.15) is 25.5 Å². The molecule has 0 aliphatic carbocycles. The first kappa shape index (κ1) is 17.6. The van der Waals surface area contributed by atoms with Gasteiger partial charge in [-0.15, -0.1) is 5.10 Å². The minimum absolute atomic E-state index is 0.183. The zero-order valence-electron chi connectivity index (χ0n) is 14.7. The van der Waals surface area contributed by atoms with Crippen LogP contribution in [0.5, 0.6) is 5.75 Å². The molecule has 1 atom stereocenters. The average Bonchev–Trinajstić information content (AvgIpc) is 2.65. The molecule has 1 amide bonds. The van der Waals surface area contributed by atoms with Crippen molar-refractivity contribution in [3.63, 3.8) is 0 Å². The fourth-order valence-electron chi connectivity index (χ4n) is 2.65. The van der Waals surface area contributed by atoms with E-state index in [1.807, 2.05) is 38.1 Å². The van der Waals surface area contributed by atoms with Crippen LogP contribution in [0.2, 0.25) is 0 Å². The van der Waals surface area contributed by atoms with Crippen LogP contribution in [-0.2, 0) is 11.3 Å². The molecule has 1 heterocycles. The molecule has 0 saturated carbocycles. The van der Waals surface area contributed by atoms with Crippen LogP contribution >= 0.6 is 0 Å². The number of nitrogens with one attached hydrogen (secondary N) is 1. The number of rotatable bonds is 6. The van der Waals surface area contributed by atoms with E-state index < -0.39 is 0 Å². The Hall–Kier alpha value is -3.22. The normalized spacial score (nSPS) is 11.9. The molecule has 3 aromatic rings. The smallest absolute Gasteiger partial charge is 0.278 e. The highest BCUT2D eigenvalue weighted by Gasteiger charge is 2.13. The van der Waals surface area contributed by atoms with Gasteiger partial charge in [-0.2, -0.15) is 0 Å². The number of nitrogens with zero attached hydrogens (tertiary/aromatic N) is 3. The lowest BCUT2D eigenvalue weighted by molar-refractivity contribution is -0.122. The number of carbonyl (C=O) groups excluding carboxylic acids is 1. The van der Waals surface area contributed by atoms with E-state index in [4.69, 9.17) is 4.74 Å². The van der Waals surface area contributed by atoms with E-state index in [-0.39, 0.29) is 24.1 Å². The zero-order chi connectivity index (χ0) is 18.5. The molecule has 0 spiro atoms. The molecule has 1 aromatic heterocycles. The van der Waals surface area contributed by atoms with Crippen molar-refractivity contribution in [1.82, 2.24) is 20.3 Å². The van der Waals surface area contributed by atoms with Crippen LogP contribution in [0.4, 0.5) is 0 Å². The Bertz CT molecular complexity index is 966. The van der Waals surface area contributed by atoms with Crippen LogP contribution in [0.25, 0.3) is 10.9 Å². The molecule has 0 aliphatic rings. The van der Waals surface area contributed by atoms with Gasteiger partial charge < -0.3 is 10.1 Å². The van der Waals surface area contributed by atoms with E-state index in [9.17, 15) is 9.59 Å². The Balaban J connectivity index is 1.68. The molecule has 26 heavy (non-hydrogen) atoms. The van der Waals surface area contributed by atoms with Gasteiger partial charge in [-0.25, -0.2) is 4.68 Å². The van der Waals surface area contributed by atoms with Crippen molar-refractivity contribution in [2.45, 2.75) is 26.4 Å². The molecule has 0 aliphatic heterocycles. The van der Waals surface area contributed by atoms with Crippen molar-refractivity contribution in [2.24, 2.45) is 0 Å². The van der Waals surface area contributed by atoms with Crippen molar-refractivity contribution in [3.05, 3.63) is 64.4 Å². The summed E-state index contributed by atoms with van der Waals surface area (Å²) in [6, 6.07) is 14.2. The van der Waals surface area contributed by atoms with Gasteiger partial charge in [-0.1, -0.05) is 29.5 Å². The molecule has 2 aromatic carbocycles. The van der Waals surface area contributed by atoms with Crippen LogP contribution in [-0.4, -0.2) is 27.5 Å². The number of carbonyl (C=O) groups is 1. The Labute approximate surface area is 150 Å². The summed E-state index contributed by atoms with van der Waals surface area (Å²) in [4.78, 5) is 24.7. The van der Waals surface area contributed by atoms with Crippen molar-refractivity contribution >= 4 is 16.8 Å². The van der Waals surface area contributed by atoms with E-state index in [0.717, 1.165) is 16.0 Å². The molecule has 0 radical (unpaired) electrons. The van der Waals surface area contributed by atoms with E-state index in [1.54, 1.807) is 24.3 Å². The summed E-state index contributed by atoms with van der Waals surface area (Å²) in [7, 11) is 0. The maximum Gasteiger partial charge on any atom is 0.278 e. The lowest BCUT2D eigenvalue weighted by Gasteiger charge is -2.15. The second kappa shape index (κ2) is 7.77. The number of hydrogen-bond donors (Lipinski definition) is 1. The van der Waals surface area contributed by atoms with Crippen molar-refractivity contribution in [2.75, 3.05) is 6.61 Å². The highest BCUT2D eigenvalue weighted by Crippen LogP contribution is 2.17. The second-order valence-electron chi connectivity index (χ2n) is 5.86. The van der Waals surface area contributed by atoms with Crippen molar-refractivity contribution < 1.29 is 9.53 Å². The summed E-state index contributed by atoms with van der Waals surface area (Å²) in [6.07, 6.45) is 0. The second-order valence-corrected chi connectivity index (χ2v) is 5.86. The molecule has 1 N–H and O–H groups in total. The summed E-state index contributed by atoms with van der Waals surface area (Å²) in [5.74, 6) is 0.478. The number of fused-ring (bicyclic) bond motifs is 1. The number of aromatic nitrogens is 3. The summed E-state index contributed by atoms with van der Waals surface area (Å²) < 4.78 is 6.48. The predicted molar refractivity (Wildman–Crippen MR) is 98.0 cm³/mol. The lowest BCUT2D eigenvalue weighted by atomic mass is 10.1.